The maximum absolute atomic E-state index is 14.0. The zero-order valence-corrected chi connectivity index (χ0v) is 13.7. The average Bonchev–Trinajstić information content (AvgIpc) is 2.50. The number of rotatable bonds is 4. The molecule has 24 heavy (non-hydrogen) atoms. The summed E-state index contributed by atoms with van der Waals surface area (Å²) in [5.74, 6) is -2.15. The summed E-state index contributed by atoms with van der Waals surface area (Å²) in [6.07, 6.45) is 0. The van der Waals surface area contributed by atoms with Gasteiger partial charge >= 0.3 is 0 Å². The van der Waals surface area contributed by atoms with Crippen molar-refractivity contribution >= 4 is 17.3 Å². The van der Waals surface area contributed by atoms with Crippen LogP contribution >= 0.6 is 0 Å². The molecule has 0 aliphatic heterocycles. The van der Waals surface area contributed by atoms with Crippen molar-refractivity contribution < 1.29 is 13.6 Å². The largest absolute Gasteiger partial charge is 0.361 e. The molecule has 2 rings (SSSR count). The Labute approximate surface area is 139 Å². The van der Waals surface area contributed by atoms with Crippen LogP contribution in [0.4, 0.5) is 20.2 Å². The Hall–Kier alpha value is -2.94. The predicted molar refractivity (Wildman–Crippen MR) is 88.9 cm³/mol. The quantitative estimate of drug-likeness (QED) is 0.933. The number of amides is 1. The molecule has 0 aromatic heterocycles. The van der Waals surface area contributed by atoms with Crippen LogP contribution in [-0.4, -0.2) is 19.5 Å². The van der Waals surface area contributed by atoms with E-state index in [4.69, 9.17) is 5.26 Å². The van der Waals surface area contributed by atoms with Crippen LogP contribution in [0, 0.1) is 36.8 Å². The molecule has 1 N–H and O–H groups in total. The number of halogens is 2. The summed E-state index contributed by atoms with van der Waals surface area (Å²) in [6, 6.07) is 9.19. The van der Waals surface area contributed by atoms with Crippen molar-refractivity contribution in [3.8, 4) is 6.07 Å². The van der Waals surface area contributed by atoms with Crippen molar-refractivity contribution in [2.45, 2.75) is 13.8 Å². The fraction of sp³-hybridized carbons (Fsp3) is 0.222. The van der Waals surface area contributed by atoms with Gasteiger partial charge in [0, 0.05) is 12.7 Å². The van der Waals surface area contributed by atoms with Gasteiger partial charge in [-0.05, 0) is 37.1 Å². The molecule has 124 valence electrons. The summed E-state index contributed by atoms with van der Waals surface area (Å²) >= 11 is 0. The van der Waals surface area contributed by atoms with Crippen LogP contribution in [0.15, 0.2) is 30.3 Å². The van der Waals surface area contributed by atoms with E-state index < -0.39 is 17.5 Å². The fourth-order valence-electron chi connectivity index (χ4n) is 2.48. The van der Waals surface area contributed by atoms with Crippen LogP contribution in [0.5, 0.6) is 0 Å². The molecule has 0 unspecified atom stereocenters. The number of nitriles is 1. The minimum Gasteiger partial charge on any atom is -0.361 e. The summed E-state index contributed by atoms with van der Waals surface area (Å²) in [5, 5.41) is 11.5. The Morgan fingerprint density at radius 1 is 1.21 bits per heavy atom. The van der Waals surface area contributed by atoms with Crippen molar-refractivity contribution in [2.24, 2.45) is 0 Å². The smallest absolute Gasteiger partial charge is 0.243 e. The maximum atomic E-state index is 14.0. The summed E-state index contributed by atoms with van der Waals surface area (Å²) < 4.78 is 28.0. The summed E-state index contributed by atoms with van der Waals surface area (Å²) in [7, 11) is 1.41. The van der Waals surface area contributed by atoms with E-state index in [0.717, 1.165) is 23.3 Å². The lowest BCUT2D eigenvalue weighted by atomic mass is 10.1. The molecule has 0 saturated carbocycles. The number of likely N-dealkylation sites (N-methyl/N-ethyl adjacent to an activating group) is 1. The normalized spacial score (nSPS) is 10.2. The molecule has 0 fully saturated rings. The number of hydrogen-bond acceptors (Lipinski definition) is 3. The van der Waals surface area contributed by atoms with E-state index in [1.807, 2.05) is 32.0 Å². The lowest BCUT2D eigenvalue weighted by Crippen LogP contribution is -2.31. The highest BCUT2D eigenvalue weighted by Gasteiger charge is 2.18. The number of carbonyl (C=O) groups is 1. The number of hydrogen-bond donors (Lipinski definition) is 1. The third-order valence-electron chi connectivity index (χ3n) is 3.65. The zero-order valence-electron chi connectivity index (χ0n) is 13.7. The van der Waals surface area contributed by atoms with Crippen molar-refractivity contribution in [2.75, 3.05) is 23.8 Å². The van der Waals surface area contributed by atoms with Gasteiger partial charge in [0.25, 0.3) is 0 Å². The Kier molecular flexibility index (Phi) is 5.14. The van der Waals surface area contributed by atoms with Crippen LogP contribution < -0.4 is 10.2 Å². The first-order valence-corrected chi connectivity index (χ1v) is 7.30. The van der Waals surface area contributed by atoms with Gasteiger partial charge in [0.15, 0.2) is 11.6 Å². The standard InChI is InChI=1S/C18H17F2N3O/c1-11-5-4-6-12(2)17(11)22-16(24)10-23(3)18-14(19)7-13(9-21)8-15(18)20/h4-8H,10H2,1-3H3,(H,22,24). The monoisotopic (exact) mass is 329 g/mol. The predicted octanol–water partition coefficient (Wildman–Crippen LogP) is 3.53. The second-order valence-corrected chi connectivity index (χ2v) is 5.57. The lowest BCUT2D eigenvalue weighted by molar-refractivity contribution is -0.114. The van der Waals surface area contributed by atoms with Gasteiger partial charge in [-0.3, -0.25) is 4.79 Å². The van der Waals surface area contributed by atoms with Gasteiger partial charge in [-0.1, -0.05) is 18.2 Å². The number of anilines is 2. The minimum atomic E-state index is -0.881. The summed E-state index contributed by atoms with van der Waals surface area (Å²) in [6.45, 7) is 3.51. The van der Waals surface area contributed by atoms with Gasteiger partial charge in [-0.25, -0.2) is 8.78 Å². The maximum Gasteiger partial charge on any atom is 0.243 e. The van der Waals surface area contributed by atoms with Crippen molar-refractivity contribution in [1.82, 2.24) is 0 Å². The van der Waals surface area contributed by atoms with Gasteiger partial charge in [0.05, 0.1) is 18.2 Å². The zero-order chi connectivity index (χ0) is 17.9. The molecule has 2 aromatic carbocycles. The van der Waals surface area contributed by atoms with Gasteiger partial charge in [-0.15, -0.1) is 0 Å². The van der Waals surface area contributed by atoms with Gasteiger partial charge in [-0.2, -0.15) is 5.26 Å². The average molecular weight is 329 g/mol. The van der Waals surface area contributed by atoms with Crippen LogP contribution in [0.3, 0.4) is 0 Å². The van der Waals surface area contributed by atoms with Crippen molar-refractivity contribution in [1.29, 1.82) is 5.26 Å². The first-order valence-electron chi connectivity index (χ1n) is 7.30. The molecule has 0 atom stereocenters. The molecule has 0 saturated heterocycles. The molecule has 0 heterocycles. The molecule has 0 aliphatic rings. The van der Waals surface area contributed by atoms with Gasteiger partial charge in [0.1, 0.15) is 5.69 Å². The molecule has 2 aromatic rings. The van der Waals surface area contributed by atoms with Crippen LogP contribution in [0.1, 0.15) is 16.7 Å². The lowest BCUT2D eigenvalue weighted by Gasteiger charge is -2.21. The molecule has 0 bridgehead atoms. The van der Waals surface area contributed by atoms with E-state index in [1.54, 1.807) is 6.07 Å². The van der Waals surface area contributed by atoms with Crippen LogP contribution in [-0.2, 0) is 4.79 Å². The van der Waals surface area contributed by atoms with Crippen LogP contribution in [0.2, 0.25) is 0 Å². The number of nitrogens with one attached hydrogen (secondary N) is 1. The highest BCUT2D eigenvalue weighted by Crippen LogP contribution is 2.24. The van der Waals surface area contributed by atoms with E-state index in [-0.39, 0.29) is 17.8 Å². The number of carbonyl (C=O) groups excluding carboxylic acids is 1. The Balaban J connectivity index is 2.17. The second kappa shape index (κ2) is 7.09. The molecule has 6 heteroatoms. The Bertz CT molecular complexity index is 784. The van der Waals surface area contributed by atoms with Crippen LogP contribution in [0.25, 0.3) is 0 Å². The third kappa shape index (κ3) is 3.69. The van der Waals surface area contributed by atoms with Gasteiger partial charge in [0.2, 0.25) is 5.91 Å². The molecule has 0 spiro atoms. The molecular weight excluding hydrogens is 312 g/mol. The Morgan fingerprint density at radius 2 is 1.75 bits per heavy atom. The van der Waals surface area contributed by atoms with E-state index in [0.29, 0.717) is 5.69 Å². The first-order chi connectivity index (χ1) is 11.3. The molecular formula is C18H17F2N3O. The van der Waals surface area contributed by atoms with E-state index >= 15 is 0 Å². The topological polar surface area (TPSA) is 56.1 Å². The van der Waals surface area contributed by atoms with Crippen molar-refractivity contribution in [3.63, 3.8) is 0 Å². The number of para-hydroxylation sites is 1. The number of nitrogens with zero attached hydrogens (tertiary/aromatic N) is 2. The highest BCUT2D eigenvalue weighted by molar-refractivity contribution is 5.95. The number of benzene rings is 2. The summed E-state index contributed by atoms with van der Waals surface area (Å²) in [4.78, 5) is 13.4. The molecule has 0 radical (unpaired) electrons. The minimum absolute atomic E-state index is 0.109. The van der Waals surface area contributed by atoms with Gasteiger partial charge < -0.3 is 10.2 Å². The highest BCUT2D eigenvalue weighted by atomic mass is 19.1. The summed E-state index contributed by atoms with van der Waals surface area (Å²) in [5.41, 5.74) is 2.05. The number of aryl methyl sites for hydroxylation is 2. The van der Waals surface area contributed by atoms with E-state index in [1.165, 1.54) is 11.9 Å². The van der Waals surface area contributed by atoms with Crippen molar-refractivity contribution in [3.05, 3.63) is 58.7 Å². The molecule has 1 amide bonds. The Morgan fingerprint density at radius 3 is 2.25 bits per heavy atom. The fourth-order valence-corrected chi connectivity index (χ4v) is 2.48. The van der Waals surface area contributed by atoms with E-state index in [2.05, 4.69) is 5.32 Å². The van der Waals surface area contributed by atoms with E-state index in [9.17, 15) is 13.6 Å². The molecule has 4 nitrogen and oxygen atoms in total. The first kappa shape index (κ1) is 17.4. The second-order valence-electron chi connectivity index (χ2n) is 5.57. The third-order valence-corrected chi connectivity index (χ3v) is 3.65. The SMILES string of the molecule is Cc1cccc(C)c1NC(=O)CN(C)c1c(F)cc(C#N)cc1F. The molecule has 0 aliphatic carbocycles.